The highest BCUT2D eigenvalue weighted by Crippen LogP contribution is 2.22. The summed E-state index contributed by atoms with van der Waals surface area (Å²) in [5, 5.41) is 8.88. The Bertz CT molecular complexity index is 348. The van der Waals surface area contributed by atoms with Gasteiger partial charge in [-0.05, 0) is 19.1 Å². The maximum atomic E-state index is 13.0. The smallest absolute Gasteiger partial charge is 0.171 e. The Labute approximate surface area is 73.8 Å². The van der Waals surface area contributed by atoms with E-state index in [2.05, 4.69) is 0 Å². The lowest BCUT2D eigenvalue weighted by Gasteiger charge is -2.03. The SMILES string of the molecule is CC(=O)Cc1c(F)ccc(O)c1F. The maximum absolute atomic E-state index is 13.0. The summed E-state index contributed by atoms with van der Waals surface area (Å²) in [6.07, 6.45) is -0.341. The number of Topliss-reactive ketones (excluding diaryl/α,β-unsaturated/α-hetero) is 1. The average molecular weight is 186 g/mol. The number of halogens is 2. The molecule has 0 heterocycles. The lowest BCUT2D eigenvalue weighted by atomic mass is 10.1. The maximum Gasteiger partial charge on any atom is 0.171 e. The van der Waals surface area contributed by atoms with Gasteiger partial charge >= 0.3 is 0 Å². The Morgan fingerprint density at radius 3 is 2.62 bits per heavy atom. The molecule has 0 saturated carbocycles. The predicted molar refractivity (Wildman–Crippen MR) is 42.4 cm³/mol. The van der Waals surface area contributed by atoms with Crippen molar-refractivity contribution in [3.05, 3.63) is 29.3 Å². The molecule has 0 bridgehead atoms. The molecule has 0 atom stereocenters. The number of phenols is 1. The molecular formula is C9H8F2O2. The van der Waals surface area contributed by atoms with E-state index in [0.717, 1.165) is 12.1 Å². The Kier molecular flexibility index (Phi) is 2.60. The van der Waals surface area contributed by atoms with Crippen molar-refractivity contribution in [3.8, 4) is 5.75 Å². The summed E-state index contributed by atoms with van der Waals surface area (Å²) in [7, 11) is 0. The number of hydrogen-bond acceptors (Lipinski definition) is 2. The van der Waals surface area contributed by atoms with Gasteiger partial charge in [0.1, 0.15) is 11.6 Å². The van der Waals surface area contributed by atoms with Crippen LogP contribution in [-0.4, -0.2) is 10.9 Å². The molecule has 2 nitrogen and oxygen atoms in total. The first-order chi connectivity index (χ1) is 6.02. The van der Waals surface area contributed by atoms with E-state index in [-0.39, 0.29) is 17.8 Å². The minimum atomic E-state index is -1.06. The van der Waals surface area contributed by atoms with Crippen LogP contribution in [0.5, 0.6) is 5.75 Å². The highest BCUT2D eigenvalue weighted by molar-refractivity contribution is 5.78. The van der Waals surface area contributed by atoms with Crippen LogP contribution >= 0.6 is 0 Å². The molecule has 1 aromatic rings. The zero-order valence-electron chi connectivity index (χ0n) is 6.97. The molecule has 0 radical (unpaired) electrons. The van der Waals surface area contributed by atoms with Gasteiger partial charge in [-0.1, -0.05) is 0 Å². The summed E-state index contributed by atoms with van der Waals surface area (Å²) >= 11 is 0. The van der Waals surface area contributed by atoms with Gasteiger partial charge in [0.2, 0.25) is 0 Å². The summed E-state index contributed by atoms with van der Waals surface area (Å²) in [5.41, 5.74) is -0.382. The third-order valence-corrected chi connectivity index (χ3v) is 1.59. The number of hydrogen-bond donors (Lipinski definition) is 1. The monoisotopic (exact) mass is 186 g/mol. The lowest BCUT2D eigenvalue weighted by molar-refractivity contribution is -0.116. The lowest BCUT2D eigenvalue weighted by Crippen LogP contribution is -2.02. The zero-order valence-corrected chi connectivity index (χ0v) is 6.97. The Balaban J connectivity index is 3.17. The zero-order chi connectivity index (χ0) is 10.0. The van der Waals surface area contributed by atoms with Gasteiger partial charge in [-0.15, -0.1) is 0 Å². The summed E-state index contributed by atoms with van der Waals surface area (Å²) in [4.78, 5) is 10.6. The first kappa shape index (κ1) is 9.64. The van der Waals surface area contributed by atoms with Crippen LogP contribution < -0.4 is 0 Å². The quantitative estimate of drug-likeness (QED) is 0.764. The van der Waals surface area contributed by atoms with Gasteiger partial charge in [-0.3, -0.25) is 4.79 Å². The average Bonchev–Trinajstić information content (AvgIpc) is 2.05. The van der Waals surface area contributed by atoms with Crippen molar-refractivity contribution in [2.75, 3.05) is 0 Å². The molecule has 0 aromatic heterocycles. The van der Waals surface area contributed by atoms with Crippen molar-refractivity contribution in [3.63, 3.8) is 0 Å². The number of carbonyl (C=O) groups is 1. The second-order valence-electron chi connectivity index (χ2n) is 2.74. The molecule has 0 saturated heterocycles. The fraction of sp³-hybridized carbons (Fsp3) is 0.222. The van der Waals surface area contributed by atoms with Gasteiger partial charge in [0.05, 0.1) is 0 Å². The second-order valence-corrected chi connectivity index (χ2v) is 2.74. The van der Waals surface area contributed by atoms with Crippen LogP contribution in [0.25, 0.3) is 0 Å². The summed E-state index contributed by atoms with van der Waals surface area (Å²) in [5.74, 6) is -2.87. The number of rotatable bonds is 2. The minimum Gasteiger partial charge on any atom is -0.505 e. The van der Waals surface area contributed by atoms with Crippen LogP contribution in [0.15, 0.2) is 12.1 Å². The van der Waals surface area contributed by atoms with E-state index < -0.39 is 17.4 Å². The second kappa shape index (κ2) is 3.51. The third-order valence-electron chi connectivity index (χ3n) is 1.59. The number of ketones is 1. The molecule has 70 valence electrons. The number of phenolic OH excluding ortho intramolecular Hbond substituents is 1. The van der Waals surface area contributed by atoms with Crippen LogP contribution in [0.4, 0.5) is 8.78 Å². The van der Waals surface area contributed by atoms with Crippen molar-refractivity contribution < 1.29 is 18.7 Å². The Morgan fingerprint density at radius 1 is 1.46 bits per heavy atom. The summed E-state index contributed by atoms with van der Waals surface area (Å²) in [6, 6.07) is 1.84. The van der Waals surface area contributed by atoms with Crippen molar-refractivity contribution in [1.82, 2.24) is 0 Å². The van der Waals surface area contributed by atoms with Crippen molar-refractivity contribution in [1.29, 1.82) is 0 Å². The fourth-order valence-electron chi connectivity index (χ4n) is 0.996. The number of benzene rings is 1. The first-order valence-electron chi connectivity index (χ1n) is 3.67. The largest absolute Gasteiger partial charge is 0.505 e. The van der Waals surface area contributed by atoms with Gasteiger partial charge in [-0.2, -0.15) is 0 Å². The van der Waals surface area contributed by atoms with Gasteiger partial charge in [0.25, 0.3) is 0 Å². The van der Waals surface area contributed by atoms with E-state index in [0.29, 0.717) is 0 Å². The molecule has 0 spiro atoms. The summed E-state index contributed by atoms with van der Waals surface area (Å²) in [6.45, 7) is 1.23. The molecule has 0 unspecified atom stereocenters. The molecule has 0 fully saturated rings. The molecule has 1 aromatic carbocycles. The third kappa shape index (κ3) is 2.02. The van der Waals surface area contributed by atoms with E-state index in [1.54, 1.807) is 0 Å². The van der Waals surface area contributed by atoms with E-state index in [9.17, 15) is 13.6 Å². The van der Waals surface area contributed by atoms with Crippen LogP contribution in [0.3, 0.4) is 0 Å². The molecule has 0 aliphatic heterocycles. The predicted octanol–water partition coefficient (Wildman–Crippen LogP) is 1.80. The van der Waals surface area contributed by atoms with Gasteiger partial charge in [0, 0.05) is 12.0 Å². The molecule has 0 amide bonds. The van der Waals surface area contributed by atoms with Crippen molar-refractivity contribution in [2.45, 2.75) is 13.3 Å². The normalized spacial score (nSPS) is 10.1. The van der Waals surface area contributed by atoms with Crippen LogP contribution in [0.2, 0.25) is 0 Å². The fourth-order valence-corrected chi connectivity index (χ4v) is 0.996. The molecule has 1 N–H and O–H groups in total. The Morgan fingerprint density at radius 2 is 2.08 bits per heavy atom. The van der Waals surface area contributed by atoms with E-state index in [4.69, 9.17) is 5.11 Å². The molecule has 1 rings (SSSR count). The highest BCUT2D eigenvalue weighted by atomic mass is 19.1. The van der Waals surface area contributed by atoms with E-state index in [1.807, 2.05) is 0 Å². The molecular weight excluding hydrogens is 178 g/mol. The van der Waals surface area contributed by atoms with E-state index in [1.165, 1.54) is 6.92 Å². The number of carbonyl (C=O) groups excluding carboxylic acids is 1. The molecule has 0 aliphatic rings. The van der Waals surface area contributed by atoms with Crippen molar-refractivity contribution in [2.24, 2.45) is 0 Å². The van der Waals surface area contributed by atoms with Gasteiger partial charge < -0.3 is 5.11 Å². The first-order valence-corrected chi connectivity index (χ1v) is 3.67. The number of aromatic hydroxyl groups is 1. The Hall–Kier alpha value is -1.45. The topological polar surface area (TPSA) is 37.3 Å². The molecule has 13 heavy (non-hydrogen) atoms. The van der Waals surface area contributed by atoms with Gasteiger partial charge in [-0.25, -0.2) is 8.78 Å². The molecule has 4 heteroatoms. The minimum absolute atomic E-state index is 0.341. The summed E-state index contributed by atoms with van der Waals surface area (Å²) < 4.78 is 25.9. The van der Waals surface area contributed by atoms with E-state index >= 15 is 0 Å². The van der Waals surface area contributed by atoms with Crippen LogP contribution in [0, 0.1) is 11.6 Å². The molecule has 0 aliphatic carbocycles. The standard InChI is InChI=1S/C9H8F2O2/c1-5(12)4-6-7(10)2-3-8(13)9(6)11/h2-3,13H,4H2,1H3. The van der Waals surface area contributed by atoms with Crippen LogP contribution in [-0.2, 0) is 11.2 Å². The van der Waals surface area contributed by atoms with Gasteiger partial charge in [0.15, 0.2) is 11.6 Å². The van der Waals surface area contributed by atoms with Crippen LogP contribution in [0.1, 0.15) is 12.5 Å². The highest BCUT2D eigenvalue weighted by Gasteiger charge is 2.14. The van der Waals surface area contributed by atoms with Crippen molar-refractivity contribution >= 4 is 5.78 Å².